The molecule has 1 heterocycles. The number of hydrogen-bond donors (Lipinski definition) is 1. The van der Waals surface area contributed by atoms with E-state index < -0.39 is 17.9 Å². The van der Waals surface area contributed by atoms with Gasteiger partial charge < -0.3 is 10.2 Å². The highest BCUT2D eigenvalue weighted by Gasteiger charge is 2.39. The van der Waals surface area contributed by atoms with Gasteiger partial charge in [-0.15, -0.1) is 0 Å². The Labute approximate surface area is 128 Å². The first-order valence-electron chi connectivity index (χ1n) is 6.86. The zero-order valence-electron chi connectivity index (χ0n) is 12.2. The van der Waals surface area contributed by atoms with Gasteiger partial charge in [-0.2, -0.15) is 0 Å². The number of carbonyl (C=O) groups is 2. The lowest BCUT2D eigenvalue weighted by Crippen LogP contribution is -2.63. The number of hydrogen-bond acceptors (Lipinski definition) is 2. The van der Waals surface area contributed by atoms with E-state index in [4.69, 9.17) is 11.6 Å². The van der Waals surface area contributed by atoms with Crippen LogP contribution in [0.2, 0.25) is 5.02 Å². The highest BCUT2D eigenvalue weighted by Crippen LogP contribution is 2.21. The average molecular weight is 313 g/mol. The molecule has 0 bridgehead atoms. The Balaban J connectivity index is 2.24. The van der Waals surface area contributed by atoms with Crippen molar-refractivity contribution in [2.45, 2.75) is 39.4 Å². The predicted octanol–water partition coefficient (Wildman–Crippen LogP) is 2.35. The number of carbonyl (C=O) groups excluding carboxylic acids is 2. The van der Waals surface area contributed by atoms with E-state index in [0.717, 1.165) is 0 Å². The molecule has 2 rings (SSSR count). The third-order valence-corrected chi connectivity index (χ3v) is 4.00. The summed E-state index contributed by atoms with van der Waals surface area (Å²) in [5.74, 6) is -0.871. The molecule has 1 saturated heterocycles. The third-order valence-electron chi connectivity index (χ3n) is 3.70. The Morgan fingerprint density at radius 1 is 1.38 bits per heavy atom. The summed E-state index contributed by atoms with van der Waals surface area (Å²) in [6.45, 7) is 5.60. The van der Waals surface area contributed by atoms with Gasteiger partial charge in [0.05, 0.1) is 5.02 Å². The van der Waals surface area contributed by atoms with E-state index in [0.29, 0.717) is 5.56 Å². The highest BCUT2D eigenvalue weighted by molar-refractivity contribution is 6.30. The van der Waals surface area contributed by atoms with E-state index in [2.05, 4.69) is 5.32 Å². The van der Waals surface area contributed by atoms with Gasteiger partial charge in [0.25, 0.3) is 0 Å². The number of benzene rings is 1. The molecule has 1 aliphatic heterocycles. The minimum Gasteiger partial charge on any atom is -0.342 e. The van der Waals surface area contributed by atoms with Crippen LogP contribution >= 0.6 is 11.6 Å². The maximum atomic E-state index is 13.5. The molecule has 1 aromatic rings. The second-order valence-electron chi connectivity index (χ2n) is 5.62. The van der Waals surface area contributed by atoms with Crippen LogP contribution in [0.3, 0.4) is 0 Å². The van der Waals surface area contributed by atoms with Crippen molar-refractivity contribution in [1.82, 2.24) is 10.2 Å². The number of nitrogens with zero attached hydrogens (tertiary/aromatic N) is 1. The van der Waals surface area contributed by atoms with E-state index in [1.165, 1.54) is 17.0 Å². The third kappa shape index (κ3) is 3.18. The molecule has 6 heteroatoms. The zero-order chi connectivity index (χ0) is 15.7. The van der Waals surface area contributed by atoms with E-state index in [1.54, 1.807) is 13.0 Å². The summed E-state index contributed by atoms with van der Waals surface area (Å²) in [6.07, 6.45) is 0. The number of nitrogens with one attached hydrogen (secondary N) is 1. The van der Waals surface area contributed by atoms with Crippen molar-refractivity contribution in [3.8, 4) is 0 Å². The largest absolute Gasteiger partial charge is 0.342 e. The monoisotopic (exact) mass is 312 g/mol. The quantitative estimate of drug-likeness (QED) is 0.931. The maximum absolute atomic E-state index is 13.5. The molecule has 0 spiro atoms. The first-order chi connectivity index (χ1) is 9.81. The predicted molar refractivity (Wildman–Crippen MR) is 78.2 cm³/mol. The van der Waals surface area contributed by atoms with E-state index in [1.807, 2.05) is 13.8 Å². The molecule has 0 saturated carbocycles. The Hall–Kier alpha value is -1.62. The molecule has 2 amide bonds. The summed E-state index contributed by atoms with van der Waals surface area (Å²) in [5, 5.41) is 2.76. The van der Waals surface area contributed by atoms with Crippen LogP contribution in [-0.4, -0.2) is 28.8 Å². The second kappa shape index (κ2) is 6.02. The summed E-state index contributed by atoms with van der Waals surface area (Å²) in [5.41, 5.74) is 0.606. The molecule has 1 aliphatic rings. The van der Waals surface area contributed by atoms with Gasteiger partial charge in [-0.25, -0.2) is 4.39 Å². The molecule has 114 valence electrons. The fourth-order valence-corrected chi connectivity index (χ4v) is 2.47. The lowest BCUT2D eigenvalue weighted by Gasteiger charge is -2.38. The standard InChI is InChI=1S/C15H18ClFN2O2/c1-8(2)13-15(21)19(9(3)14(20)18-13)7-10-4-5-11(16)12(17)6-10/h4-6,8-9,13H,7H2,1-3H3,(H,18,20). The van der Waals surface area contributed by atoms with Gasteiger partial charge in [0.2, 0.25) is 11.8 Å². The lowest BCUT2D eigenvalue weighted by atomic mass is 9.98. The number of piperazine rings is 1. The van der Waals surface area contributed by atoms with Crippen molar-refractivity contribution < 1.29 is 14.0 Å². The smallest absolute Gasteiger partial charge is 0.246 e. The minimum atomic E-state index is -0.578. The molecule has 4 nitrogen and oxygen atoms in total. The number of rotatable bonds is 3. The first-order valence-corrected chi connectivity index (χ1v) is 7.24. The van der Waals surface area contributed by atoms with Crippen molar-refractivity contribution in [3.05, 3.63) is 34.6 Å². The zero-order valence-corrected chi connectivity index (χ0v) is 12.9. The summed E-state index contributed by atoms with van der Waals surface area (Å²) >= 11 is 5.65. The summed E-state index contributed by atoms with van der Waals surface area (Å²) in [6, 6.07) is 3.28. The van der Waals surface area contributed by atoms with Crippen LogP contribution in [0.25, 0.3) is 0 Å². The Morgan fingerprint density at radius 3 is 2.62 bits per heavy atom. The fraction of sp³-hybridized carbons (Fsp3) is 0.467. The van der Waals surface area contributed by atoms with Gasteiger partial charge in [0.1, 0.15) is 17.9 Å². The molecular formula is C15H18ClFN2O2. The molecule has 0 aliphatic carbocycles. The Morgan fingerprint density at radius 2 is 2.05 bits per heavy atom. The molecule has 2 atom stereocenters. The maximum Gasteiger partial charge on any atom is 0.246 e. The Bertz CT molecular complexity index is 577. The van der Waals surface area contributed by atoms with Crippen LogP contribution in [0.4, 0.5) is 4.39 Å². The summed E-state index contributed by atoms with van der Waals surface area (Å²) < 4.78 is 13.5. The highest BCUT2D eigenvalue weighted by atomic mass is 35.5. The first kappa shape index (κ1) is 15.8. The van der Waals surface area contributed by atoms with Crippen LogP contribution in [0.5, 0.6) is 0 Å². The molecule has 1 N–H and O–H groups in total. The van der Waals surface area contributed by atoms with Gasteiger partial charge in [0.15, 0.2) is 0 Å². The van der Waals surface area contributed by atoms with Crippen LogP contribution in [0.1, 0.15) is 26.3 Å². The normalized spacial score (nSPS) is 22.7. The van der Waals surface area contributed by atoms with E-state index in [9.17, 15) is 14.0 Å². The SMILES string of the molecule is CC(C)C1NC(=O)C(C)N(Cc2ccc(Cl)c(F)c2)C1=O. The fourth-order valence-electron chi connectivity index (χ4n) is 2.35. The van der Waals surface area contributed by atoms with Crippen molar-refractivity contribution in [2.75, 3.05) is 0 Å². The molecule has 0 radical (unpaired) electrons. The Kier molecular flexibility index (Phi) is 4.52. The van der Waals surface area contributed by atoms with Crippen LogP contribution < -0.4 is 5.32 Å². The van der Waals surface area contributed by atoms with Gasteiger partial charge in [0, 0.05) is 6.54 Å². The van der Waals surface area contributed by atoms with Crippen LogP contribution in [0, 0.1) is 11.7 Å². The topological polar surface area (TPSA) is 49.4 Å². The van der Waals surface area contributed by atoms with Crippen molar-refractivity contribution >= 4 is 23.4 Å². The van der Waals surface area contributed by atoms with Crippen molar-refractivity contribution in [3.63, 3.8) is 0 Å². The molecule has 21 heavy (non-hydrogen) atoms. The van der Waals surface area contributed by atoms with Gasteiger partial charge in [-0.3, -0.25) is 9.59 Å². The second-order valence-corrected chi connectivity index (χ2v) is 6.03. The van der Waals surface area contributed by atoms with Gasteiger partial charge >= 0.3 is 0 Å². The number of halogens is 2. The minimum absolute atomic E-state index is 0.00148. The van der Waals surface area contributed by atoms with E-state index in [-0.39, 0.29) is 29.3 Å². The number of amides is 2. The molecular weight excluding hydrogens is 295 g/mol. The summed E-state index contributed by atoms with van der Waals surface area (Å²) in [4.78, 5) is 25.9. The van der Waals surface area contributed by atoms with Crippen molar-refractivity contribution in [1.29, 1.82) is 0 Å². The molecule has 1 aromatic carbocycles. The van der Waals surface area contributed by atoms with Crippen molar-refractivity contribution in [2.24, 2.45) is 5.92 Å². The van der Waals surface area contributed by atoms with Gasteiger partial charge in [-0.05, 0) is 30.5 Å². The van der Waals surface area contributed by atoms with Crippen LogP contribution in [-0.2, 0) is 16.1 Å². The summed E-state index contributed by atoms with van der Waals surface area (Å²) in [7, 11) is 0. The molecule has 0 aromatic heterocycles. The van der Waals surface area contributed by atoms with Gasteiger partial charge in [-0.1, -0.05) is 31.5 Å². The van der Waals surface area contributed by atoms with Crippen LogP contribution in [0.15, 0.2) is 18.2 Å². The molecule has 1 fully saturated rings. The van der Waals surface area contributed by atoms with E-state index >= 15 is 0 Å². The molecule has 2 unspecified atom stereocenters. The lowest BCUT2D eigenvalue weighted by molar-refractivity contribution is -0.150. The average Bonchev–Trinajstić information content (AvgIpc) is 2.42.